The molecular formula is C16H21Cl2NO6. The molecular weight excluding hydrogens is 373 g/mol. The van der Waals surface area contributed by atoms with Crippen LogP contribution >= 0.6 is 23.2 Å². The van der Waals surface area contributed by atoms with Gasteiger partial charge in [0.05, 0.1) is 24.1 Å². The highest BCUT2D eigenvalue weighted by Gasteiger charge is 2.07. The summed E-state index contributed by atoms with van der Waals surface area (Å²) in [6.45, 7) is 16.0. The van der Waals surface area contributed by atoms with Gasteiger partial charge in [0.25, 0.3) is 0 Å². The molecule has 0 saturated carbocycles. The number of ether oxygens (including phenoxy) is 1. The summed E-state index contributed by atoms with van der Waals surface area (Å²) in [6, 6.07) is 1.83. The molecule has 0 heterocycles. The van der Waals surface area contributed by atoms with Crippen molar-refractivity contribution in [2.24, 2.45) is 0 Å². The van der Waals surface area contributed by atoms with E-state index in [9.17, 15) is 14.4 Å². The second kappa shape index (κ2) is 19.5. The summed E-state index contributed by atoms with van der Waals surface area (Å²) in [5.41, 5.74) is 0.690. The SMILES string of the molecule is C=C(C)C#N.C=C(C)C(=O)OC.C=C(CC(=O)O)C(=O)O.C=C(Cl)Cl. The van der Waals surface area contributed by atoms with Crippen molar-refractivity contribution < 1.29 is 29.3 Å². The number of hydrogen-bond donors (Lipinski definition) is 2. The number of nitriles is 1. The number of aliphatic carboxylic acids is 2. The Morgan fingerprint density at radius 3 is 1.44 bits per heavy atom. The Bertz CT molecular complexity index is 557. The van der Waals surface area contributed by atoms with Crippen LogP contribution in [0.4, 0.5) is 0 Å². The monoisotopic (exact) mass is 393 g/mol. The summed E-state index contributed by atoms with van der Waals surface area (Å²) in [6.07, 6.45) is -0.505. The number of allylic oxidation sites excluding steroid dienone is 1. The average molecular weight is 394 g/mol. The zero-order chi connectivity index (χ0) is 21.2. The lowest BCUT2D eigenvalue weighted by molar-refractivity contribution is -0.139. The lowest BCUT2D eigenvalue weighted by Crippen LogP contribution is -2.04. The largest absolute Gasteiger partial charge is 0.481 e. The van der Waals surface area contributed by atoms with Crippen molar-refractivity contribution in [1.82, 2.24) is 0 Å². The fourth-order valence-corrected chi connectivity index (χ4v) is 0.432. The predicted molar refractivity (Wildman–Crippen MR) is 97.1 cm³/mol. The van der Waals surface area contributed by atoms with Gasteiger partial charge < -0.3 is 14.9 Å². The van der Waals surface area contributed by atoms with Crippen LogP contribution in [0.2, 0.25) is 0 Å². The van der Waals surface area contributed by atoms with Gasteiger partial charge in [-0.25, -0.2) is 9.59 Å². The molecule has 0 bridgehead atoms. The normalized spacial score (nSPS) is 7.36. The Morgan fingerprint density at radius 1 is 1.08 bits per heavy atom. The minimum Gasteiger partial charge on any atom is -0.481 e. The first-order valence-corrected chi connectivity index (χ1v) is 6.90. The molecule has 0 aliphatic rings. The second-order valence-corrected chi connectivity index (χ2v) is 5.09. The molecule has 140 valence electrons. The molecule has 0 aromatic rings. The zero-order valence-corrected chi connectivity index (χ0v) is 15.8. The van der Waals surface area contributed by atoms with Gasteiger partial charge >= 0.3 is 17.9 Å². The Hall–Kier alpha value is -2.56. The van der Waals surface area contributed by atoms with Crippen LogP contribution in [-0.2, 0) is 19.1 Å². The van der Waals surface area contributed by atoms with Crippen LogP contribution in [0.5, 0.6) is 0 Å². The number of hydrogen-bond acceptors (Lipinski definition) is 5. The summed E-state index contributed by atoms with van der Waals surface area (Å²) in [7, 11) is 1.33. The molecule has 0 atom stereocenters. The second-order valence-electron chi connectivity index (χ2n) is 3.98. The van der Waals surface area contributed by atoms with Crippen molar-refractivity contribution in [3.8, 4) is 6.07 Å². The third kappa shape index (κ3) is 44.9. The first-order chi connectivity index (χ1) is 11.2. The van der Waals surface area contributed by atoms with Crippen molar-refractivity contribution in [1.29, 1.82) is 5.26 Å². The molecule has 25 heavy (non-hydrogen) atoms. The third-order valence-electron chi connectivity index (χ3n) is 1.39. The van der Waals surface area contributed by atoms with Crippen molar-refractivity contribution in [3.63, 3.8) is 0 Å². The average Bonchev–Trinajstić information content (AvgIpc) is 2.46. The number of nitrogens with zero attached hydrogens (tertiary/aromatic N) is 1. The van der Waals surface area contributed by atoms with Crippen molar-refractivity contribution in [2.75, 3.05) is 7.11 Å². The molecule has 0 fully saturated rings. The van der Waals surface area contributed by atoms with E-state index in [0.717, 1.165) is 0 Å². The van der Waals surface area contributed by atoms with Gasteiger partial charge in [-0.2, -0.15) is 5.26 Å². The van der Waals surface area contributed by atoms with Crippen LogP contribution in [0.1, 0.15) is 20.3 Å². The standard InChI is InChI=1S/C5H6O4.C5H8O2.C4H5N.C2H2Cl2/c1-3(5(8)9)2-4(6)7;1-4(2)5(6)7-3;1-4(2)3-5;1-2(3)4/h1-2H2,(H,6,7)(H,8,9);1H2,2-3H3;1H2,2H3;1H2. The summed E-state index contributed by atoms with van der Waals surface area (Å²) in [4.78, 5) is 29.9. The number of carbonyl (C=O) groups excluding carboxylic acids is 1. The predicted octanol–water partition coefficient (Wildman–Crippen LogP) is 3.86. The van der Waals surface area contributed by atoms with E-state index in [1.54, 1.807) is 13.8 Å². The summed E-state index contributed by atoms with van der Waals surface area (Å²) in [5, 5.41) is 23.9. The van der Waals surface area contributed by atoms with E-state index < -0.39 is 18.4 Å². The maximum Gasteiger partial charge on any atom is 0.332 e. The number of methoxy groups -OCH3 is 1. The first-order valence-electron chi connectivity index (χ1n) is 6.14. The molecule has 0 amide bonds. The van der Waals surface area contributed by atoms with Gasteiger partial charge in [0, 0.05) is 16.7 Å². The lowest BCUT2D eigenvalue weighted by atomic mass is 10.2. The number of rotatable bonds is 4. The van der Waals surface area contributed by atoms with Crippen LogP contribution in [0.3, 0.4) is 0 Å². The number of carbonyl (C=O) groups is 3. The number of carboxylic acids is 2. The molecule has 2 N–H and O–H groups in total. The highest BCUT2D eigenvalue weighted by molar-refractivity contribution is 6.55. The molecule has 9 heteroatoms. The van der Waals surface area contributed by atoms with Crippen LogP contribution < -0.4 is 0 Å². The van der Waals surface area contributed by atoms with Gasteiger partial charge in [0.15, 0.2) is 0 Å². The quantitative estimate of drug-likeness (QED) is 0.421. The Balaban J connectivity index is -0.000000123. The topological polar surface area (TPSA) is 125 Å². The third-order valence-corrected chi connectivity index (χ3v) is 1.39. The zero-order valence-electron chi connectivity index (χ0n) is 14.3. The van der Waals surface area contributed by atoms with E-state index in [0.29, 0.717) is 11.1 Å². The van der Waals surface area contributed by atoms with E-state index in [4.69, 9.17) is 38.7 Å². The summed E-state index contributed by atoms with van der Waals surface area (Å²) >= 11 is 9.69. The smallest absolute Gasteiger partial charge is 0.332 e. The Kier molecular flexibility index (Phi) is 23.6. The Morgan fingerprint density at radius 2 is 1.40 bits per heavy atom. The van der Waals surface area contributed by atoms with Crippen LogP contribution in [0.25, 0.3) is 0 Å². The minimum absolute atomic E-state index is 0.111. The molecule has 0 aromatic carbocycles. The van der Waals surface area contributed by atoms with E-state index in [-0.39, 0.29) is 16.0 Å². The molecule has 0 aromatic heterocycles. The summed E-state index contributed by atoms with van der Waals surface area (Å²) < 4.78 is 4.38. The van der Waals surface area contributed by atoms with Crippen molar-refractivity contribution >= 4 is 41.1 Å². The molecule has 0 rings (SSSR count). The van der Waals surface area contributed by atoms with Gasteiger partial charge in [0.1, 0.15) is 0 Å². The first kappa shape index (κ1) is 30.3. The highest BCUT2D eigenvalue weighted by Crippen LogP contribution is 1.98. The molecule has 0 radical (unpaired) electrons. The fraction of sp³-hybridized carbons (Fsp3) is 0.250. The van der Waals surface area contributed by atoms with Crippen molar-refractivity contribution in [2.45, 2.75) is 20.3 Å². The van der Waals surface area contributed by atoms with E-state index in [1.807, 2.05) is 6.07 Å². The maximum absolute atomic E-state index is 10.2. The molecule has 0 aliphatic carbocycles. The number of esters is 1. The van der Waals surface area contributed by atoms with Gasteiger partial charge in [-0.3, -0.25) is 4.79 Å². The van der Waals surface area contributed by atoms with Crippen LogP contribution in [0, 0.1) is 11.3 Å². The van der Waals surface area contributed by atoms with Crippen molar-refractivity contribution in [3.05, 3.63) is 47.5 Å². The van der Waals surface area contributed by atoms with Gasteiger partial charge in [0.2, 0.25) is 0 Å². The van der Waals surface area contributed by atoms with E-state index in [2.05, 4.69) is 31.1 Å². The number of halogens is 2. The fourth-order valence-electron chi connectivity index (χ4n) is 0.432. The van der Waals surface area contributed by atoms with Crippen LogP contribution in [-0.4, -0.2) is 35.2 Å². The van der Waals surface area contributed by atoms with Gasteiger partial charge in [-0.15, -0.1) is 0 Å². The Labute approximate surface area is 157 Å². The molecule has 0 spiro atoms. The van der Waals surface area contributed by atoms with Crippen LogP contribution in [0.15, 0.2) is 47.5 Å². The minimum atomic E-state index is -1.27. The lowest BCUT2D eigenvalue weighted by Gasteiger charge is -1.91. The highest BCUT2D eigenvalue weighted by atomic mass is 35.5. The summed E-state index contributed by atoms with van der Waals surface area (Å²) in [5.74, 6) is -2.79. The molecule has 0 aliphatic heterocycles. The maximum atomic E-state index is 10.2. The molecule has 7 nitrogen and oxygen atoms in total. The van der Waals surface area contributed by atoms with E-state index >= 15 is 0 Å². The number of carboxylic acid groups (broad SMARTS) is 2. The van der Waals surface area contributed by atoms with Gasteiger partial charge in [-0.1, -0.05) is 49.5 Å². The molecule has 0 saturated heterocycles. The van der Waals surface area contributed by atoms with Gasteiger partial charge in [-0.05, 0) is 13.8 Å². The van der Waals surface area contributed by atoms with E-state index in [1.165, 1.54) is 7.11 Å². The molecule has 0 unspecified atom stereocenters.